The zero-order chi connectivity index (χ0) is 14.4. The van der Waals surface area contributed by atoms with E-state index in [1.807, 2.05) is 45.0 Å². The van der Waals surface area contributed by atoms with Crippen LogP contribution in [0, 0.1) is 5.92 Å². The number of rotatable bonds is 7. The minimum Gasteiger partial charge on any atom is -0.491 e. The van der Waals surface area contributed by atoms with E-state index in [4.69, 9.17) is 9.47 Å². The van der Waals surface area contributed by atoms with Gasteiger partial charge in [-0.3, -0.25) is 0 Å². The molecule has 108 valence electrons. The Bertz CT molecular complexity index is 357. The molecule has 2 unspecified atom stereocenters. The lowest BCUT2D eigenvalue weighted by molar-refractivity contribution is -0.0585. The van der Waals surface area contributed by atoms with Crippen molar-refractivity contribution < 1.29 is 14.6 Å². The number of aliphatic hydroxyl groups is 1. The van der Waals surface area contributed by atoms with Gasteiger partial charge in [-0.2, -0.15) is 0 Å². The Morgan fingerprint density at radius 1 is 1.05 bits per heavy atom. The minimum absolute atomic E-state index is 0.155. The van der Waals surface area contributed by atoms with Crippen LogP contribution in [0.25, 0.3) is 0 Å². The molecule has 0 aliphatic carbocycles. The highest BCUT2D eigenvalue weighted by molar-refractivity contribution is 5.29. The van der Waals surface area contributed by atoms with Gasteiger partial charge in [0.2, 0.25) is 0 Å². The normalized spacial score (nSPS) is 14.7. The fourth-order valence-corrected chi connectivity index (χ4v) is 2.05. The van der Waals surface area contributed by atoms with Crippen LogP contribution in [-0.2, 0) is 4.74 Å². The molecule has 1 aromatic carbocycles. The number of hydrogen-bond acceptors (Lipinski definition) is 3. The van der Waals surface area contributed by atoms with Crippen LogP contribution in [0.4, 0.5) is 0 Å². The summed E-state index contributed by atoms with van der Waals surface area (Å²) in [6.07, 6.45) is -0.627. The summed E-state index contributed by atoms with van der Waals surface area (Å²) in [6, 6.07) is 7.58. The first kappa shape index (κ1) is 16.0. The molecule has 0 bridgehead atoms. The Balaban J connectivity index is 2.78. The van der Waals surface area contributed by atoms with Gasteiger partial charge in [0, 0.05) is 6.61 Å². The molecule has 0 heterocycles. The van der Waals surface area contributed by atoms with Crippen LogP contribution in [0.15, 0.2) is 24.3 Å². The maximum atomic E-state index is 10.4. The van der Waals surface area contributed by atoms with E-state index in [2.05, 4.69) is 13.8 Å². The van der Waals surface area contributed by atoms with Gasteiger partial charge in [-0.1, -0.05) is 26.0 Å². The predicted molar refractivity (Wildman–Crippen MR) is 77.4 cm³/mol. The van der Waals surface area contributed by atoms with Crippen molar-refractivity contribution >= 4 is 0 Å². The summed E-state index contributed by atoms with van der Waals surface area (Å²) in [5, 5.41) is 10.4. The lowest BCUT2D eigenvalue weighted by Crippen LogP contribution is -2.27. The largest absolute Gasteiger partial charge is 0.491 e. The van der Waals surface area contributed by atoms with Gasteiger partial charge in [0.05, 0.1) is 12.2 Å². The van der Waals surface area contributed by atoms with Crippen molar-refractivity contribution in [2.45, 2.75) is 52.9 Å². The van der Waals surface area contributed by atoms with Crippen LogP contribution in [0.1, 0.15) is 46.3 Å². The fourth-order valence-electron chi connectivity index (χ4n) is 2.05. The van der Waals surface area contributed by atoms with Crippen molar-refractivity contribution in [1.82, 2.24) is 0 Å². The fraction of sp³-hybridized carbons (Fsp3) is 0.625. The highest BCUT2D eigenvalue weighted by Crippen LogP contribution is 2.26. The first-order valence-corrected chi connectivity index (χ1v) is 7.02. The third-order valence-electron chi connectivity index (χ3n) is 2.92. The summed E-state index contributed by atoms with van der Waals surface area (Å²) in [6.45, 7) is 10.6. The smallest absolute Gasteiger partial charge is 0.119 e. The van der Waals surface area contributed by atoms with Crippen molar-refractivity contribution in [1.29, 1.82) is 0 Å². The lowest BCUT2D eigenvalue weighted by atomic mass is 9.96. The molecule has 0 radical (unpaired) electrons. The zero-order valence-corrected chi connectivity index (χ0v) is 12.6. The van der Waals surface area contributed by atoms with Crippen molar-refractivity contribution in [2.24, 2.45) is 5.92 Å². The average Bonchev–Trinajstić information content (AvgIpc) is 2.35. The Morgan fingerprint density at radius 2 is 1.63 bits per heavy atom. The Hall–Kier alpha value is -1.06. The Labute approximate surface area is 116 Å². The number of ether oxygens (including phenoxy) is 2. The molecule has 1 rings (SSSR count). The van der Waals surface area contributed by atoms with Crippen molar-refractivity contribution in [3.8, 4) is 5.75 Å². The van der Waals surface area contributed by atoms with E-state index in [1.54, 1.807) is 0 Å². The van der Waals surface area contributed by atoms with E-state index in [0.29, 0.717) is 6.61 Å². The minimum atomic E-state index is -0.604. The Morgan fingerprint density at radius 3 is 2.05 bits per heavy atom. The summed E-state index contributed by atoms with van der Waals surface area (Å²) in [5.41, 5.74) is 0.864. The predicted octanol–water partition coefficient (Wildman–Crippen LogP) is 3.57. The molecular formula is C16H26O3. The van der Waals surface area contributed by atoms with E-state index in [1.165, 1.54) is 0 Å². The summed E-state index contributed by atoms with van der Waals surface area (Å²) in [5.74, 6) is 1.09. The van der Waals surface area contributed by atoms with Crippen LogP contribution in [0.5, 0.6) is 5.75 Å². The second-order valence-electron chi connectivity index (χ2n) is 5.34. The molecule has 3 nitrogen and oxygen atoms in total. The van der Waals surface area contributed by atoms with Crippen LogP contribution >= 0.6 is 0 Å². The van der Waals surface area contributed by atoms with Crippen LogP contribution in [0.2, 0.25) is 0 Å². The number of hydrogen-bond donors (Lipinski definition) is 1. The van der Waals surface area contributed by atoms with E-state index in [9.17, 15) is 5.11 Å². The molecule has 1 aromatic rings. The van der Waals surface area contributed by atoms with Gasteiger partial charge in [-0.05, 0) is 44.4 Å². The van der Waals surface area contributed by atoms with Crippen molar-refractivity contribution in [2.75, 3.05) is 6.61 Å². The van der Waals surface area contributed by atoms with Crippen molar-refractivity contribution in [3.63, 3.8) is 0 Å². The number of aliphatic hydroxyl groups excluding tert-OH is 1. The molecule has 2 atom stereocenters. The number of benzene rings is 1. The van der Waals surface area contributed by atoms with E-state index in [-0.39, 0.29) is 18.1 Å². The molecule has 0 spiro atoms. The van der Waals surface area contributed by atoms with E-state index < -0.39 is 6.10 Å². The SMILES string of the molecule is CCOC(C(C)C)C(O)c1ccc(OC(C)C)cc1. The maximum Gasteiger partial charge on any atom is 0.119 e. The van der Waals surface area contributed by atoms with Gasteiger partial charge in [0.1, 0.15) is 11.9 Å². The molecule has 0 aliphatic rings. The molecule has 19 heavy (non-hydrogen) atoms. The molecule has 0 fully saturated rings. The molecule has 0 saturated carbocycles. The second kappa shape index (κ2) is 7.51. The summed E-state index contributed by atoms with van der Waals surface area (Å²) < 4.78 is 11.2. The monoisotopic (exact) mass is 266 g/mol. The topological polar surface area (TPSA) is 38.7 Å². The van der Waals surface area contributed by atoms with Crippen LogP contribution in [-0.4, -0.2) is 23.9 Å². The van der Waals surface area contributed by atoms with Crippen LogP contribution in [0.3, 0.4) is 0 Å². The standard InChI is InChI=1S/C16H26O3/c1-6-18-16(11(2)3)15(17)13-7-9-14(10-8-13)19-12(4)5/h7-12,15-17H,6H2,1-5H3. The highest BCUT2D eigenvalue weighted by atomic mass is 16.5. The van der Waals surface area contributed by atoms with E-state index >= 15 is 0 Å². The van der Waals surface area contributed by atoms with Gasteiger partial charge in [0.15, 0.2) is 0 Å². The van der Waals surface area contributed by atoms with Gasteiger partial charge in [0.25, 0.3) is 0 Å². The third-order valence-corrected chi connectivity index (χ3v) is 2.92. The summed E-state index contributed by atoms with van der Waals surface area (Å²) in [4.78, 5) is 0. The maximum absolute atomic E-state index is 10.4. The lowest BCUT2D eigenvalue weighted by Gasteiger charge is -2.26. The second-order valence-corrected chi connectivity index (χ2v) is 5.34. The van der Waals surface area contributed by atoms with E-state index in [0.717, 1.165) is 11.3 Å². The third kappa shape index (κ3) is 4.84. The van der Waals surface area contributed by atoms with Gasteiger partial charge < -0.3 is 14.6 Å². The summed E-state index contributed by atoms with van der Waals surface area (Å²) >= 11 is 0. The molecule has 3 heteroatoms. The molecule has 1 N–H and O–H groups in total. The average molecular weight is 266 g/mol. The first-order chi connectivity index (χ1) is 8.95. The Kier molecular flexibility index (Phi) is 6.32. The molecule has 0 aliphatic heterocycles. The van der Waals surface area contributed by atoms with Crippen LogP contribution < -0.4 is 4.74 Å². The summed E-state index contributed by atoms with van der Waals surface area (Å²) in [7, 11) is 0. The highest BCUT2D eigenvalue weighted by Gasteiger charge is 2.24. The quantitative estimate of drug-likeness (QED) is 0.820. The molecule has 0 aromatic heterocycles. The zero-order valence-electron chi connectivity index (χ0n) is 12.6. The molecule has 0 saturated heterocycles. The first-order valence-electron chi connectivity index (χ1n) is 7.02. The molecule has 0 amide bonds. The van der Waals surface area contributed by atoms with Gasteiger partial charge >= 0.3 is 0 Å². The molecular weight excluding hydrogens is 240 g/mol. The van der Waals surface area contributed by atoms with Crippen molar-refractivity contribution in [3.05, 3.63) is 29.8 Å². The van der Waals surface area contributed by atoms with Gasteiger partial charge in [-0.25, -0.2) is 0 Å². The van der Waals surface area contributed by atoms with Gasteiger partial charge in [-0.15, -0.1) is 0 Å².